The van der Waals surface area contributed by atoms with Gasteiger partial charge in [-0.3, -0.25) is 0 Å². The molecule has 0 aliphatic heterocycles. The molecule has 0 fully saturated rings. The third-order valence-electron chi connectivity index (χ3n) is 1.31. The number of rotatable bonds is 5. The molecular weight excluding hydrogens is 279 g/mol. The molecule has 0 radical (unpaired) electrons. The maximum atomic E-state index is 5.85. The lowest BCUT2D eigenvalue weighted by atomic mass is 10.2. The SMILES string of the molecule is CCCCCCC(Cl)(Br)Br. The van der Waals surface area contributed by atoms with Crippen molar-refractivity contribution < 1.29 is 0 Å². The molecule has 62 valence electrons. The van der Waals surface area contributed by atoms with Crippen molar-refractivity contribution in [2.24, 2.45) is 0 Å². The van der Waals surface area contributed by atoms with Gasteiger partial charge in [0.15, 0.2) is 2.69 Å². The first kappa shape index (κ1) is 11.2. The average molecular weight is 292 g/mol. The fourth-order valence-corrected chi connectivity index (χ4v) is 1.45. The lowest BCUT2D eigenvalue weighted by molar-refractivity contribution is 0.647. The summed E-state index contributed by atoms with van der Waals surface area (Å²) in [5.41, 5.74) is 0. The Morgan fingerprint density at radius 3 is 2.20 bits per heavy atom. The summed E-state index contributed by atoms with van der Waals surface area (Å²) in [4.78, 5) is 0. The van der Waals surface area contributed by atoms with Crippen molar-refractivity contribution in [2.75, 3.05) is 0 Å². The van der Waals surface area contributed by atoms with Crippen LogP contribution in [0.3, 0.4) is 0 Å². The Kier molecular flexibility index (Phi) is 6.57. The van der Waals surface area contributed by atoms with Crippen LogP contribution in [-0.4, -0.2) is 2.69 Å². The van der Waals surface area contributed by atoms with Crippen molar-refractivity contribution in [3.63, 3.8) is 0 Å². The van der Waals surface area contributed by atoms with Crippen LogP contribution in [-0.2, 0) is 0 Å². The topological polar surface area (TPSA) is 0 Å². The van der Waals surface area contributed by atoms with Crippen LogP contribution in [0.25, 0.3) is 0 Å². The van der Waals surface area contributed by atoms with E-state index in [-0.39, 0.29) is 2.69 Å². The zero-order chi connectivity index (χ0) is 8.04. The van der Waals surface area contributed by atoms with E-state index in [0.29, 0.717) is 0 Å². The molecule has 0 atom stereocenters. The van der Waals surface area contributed by atoms with E-state index in [0.717, 1.165) is 6.42 Å². The Morgan fingerprint density at radius 2 is 1.80 bits per heavy atom. The van der Waals surface area contributed by atoms with E-state index in [1.165, 1.54) is 25.7 Å². The van der Waals surface area contributed by atoms with E-state index in [1.807, 2.05) is 0 Å². The summed E-state index contributed by atoms with van der Waals surface area (Å²) in [6.07, 6.45) is 6.04. The Balaban J connectivity index is 3.04. The fourth-order valence-electron chi connectivity index (χ4n) is 0.752. The molecule has 0 saturated heterocycles. The summed E-state index contributed by atoms with van der Waals surface area (Å²) < 4.78 is -0.353. The highest BCUT2D eigenvalue weighted by molar-refractivity contribution is 9.26. The number of halogens is 3. The van der Waals surface area contributed by atoms with E-state index >= 15 is 0 Å². The first-order valence-electron chi connectivity index (χ1n) is 3.63. The second-order valence-electron chi connectivity index (χ2n) is 2.43. The van der Waals surface area contributed by atoms with Crippen LogP contribution in [0, 0.1) is 0 Å². The second-order valence-corrected chi connectivity index (χ2v) is 7.76. The van der Waals surface area contributed by atoms with Crippen LogP contribution in [0.1, 0.15) is 39.0 Å². The highest BCUT2D eigenvalue weighted by Gasteiger charge is 2.16. The van der Waals surface area contributed by atoms with Crippen molar-refractivity contribution in [1.82, 2.24) is 0 Å². The smallest absolute Gasteiger partial charge is 0.0940 e. The highest BCUT2D eigenvalue weighted by atomic mass is 79.9. The molecule has 0 aromatic heterocycles. The molecule has 0 N–H and O–H groups in total. The quantitative estimate of drug-likeness (QED) is 0.511. The molecule has 10 heavy (non-hydrogen) atoms. The molecule has 0 aromatic carbocycles. The van der Waals surface area contributed by atoms with Gasteiger partial charge < -0.3 is 0 Å². The second kappa shape index (κ2) is 5.84. The summed E-state index contributed by atoms with van der Waals surface area (Å²) in [7, 11) is 0. The van der Waals surface area contributed by atoms with Gasteiger partial charge >= 0.3 is 0 Å². The molecule has 0 rings (SSSR count). The Morgan fingerprint density at radius 1 is 1.20 bits per heavy atom. The van der Waals surface area contributed by atoms with E-state index < -0.39 is 0 Å². The van der Waals surface area contributed by atoms with E-state index in [1.54, 1.807) is 0 Å². The van der Waals surface area contributed by atoms with Gasteiger partial charge in [0.1, 0.15) is 0 Å². The molecule has 3 heteroatoms. The van der Waals surface area contributed by atoms with Gasteiger partial charge in [0.05, 0.1) is 0 Å². The van der Waals surface area contributed by atoms with Gasteiger partial charge in [-0.05, 0) is 12.8 Å². The molecule has 0 bridgehead atoms. The third kappa shape index (κ3) is 9.25. The molecule has 0 saturated carbocycles. The van der Waals surface area contributed by atoms with Gasteiger partial charge in [-0.25, -0.2) is 0 Å². The monoisotopic (exact) mass is 290 g/mol. The maximum absolute atomic E-state index is 5.85. The van der Waals surface area contributed by atoms with E-state index in [2.05, 4.69) is 38.8 Å². The van der Waals surface area contributed by atoms with E-state index in [9.17, 15) is 0 Å². The Hall–Kier alpha value is 1.25. The molecule has 0 aliphatic rings. The standard InChI is InChI=1S/C7H13Br2Cl/c1-2-3-4-5-6-7(8,9)10/h2-6H2,1H3. The normalized spacial score (nSPS) is 12.0. The zero-order valence-corrected chi connectivity index (χ0v) is 10.1. The summed E-state index contributed by atoms with van der Waals surface area (Å²) in [5, 5.41) is 0. The van der Waals surface area contributed by atoms with E-state index in [4.69, 9.17) is 11.6 Å². The van der Waals surface area contributed by atoms with Gasteiger partial charge in [-0.15, -0.1) is 0 Å². The minimum absolute atomic E-state index is 0.353. The summed E-state index contributed by atoms with van der Waals surface area (Å²) >= 11 is 12.5. The van der Waals surface area contributed by atoms with Gasteiger partial charge in [0, 0.05) is 0 Å². The predicted molar refractivity (Wildman–Crippen MR) is 55.2 cm³/mol. The maximum Gasteiger partial charge on any atom is 0.153 e. The first-order chi connectivity index (χ1) is 4.56. The lowest BCUT2D eigenvalue weighted by Crippen LogP contribution is -1.98. The van der Waals surface area contributed by atoms with Gasteiger partial charge in [0.25, 0.3) is 0 Å². The van der Waals surface area contributed by atoms with Crippen molar-refractivity contribution >= 4 is 43.5 Å². The van der Waals surface area contributed by atoms with Crippen LogP contribution >= 0.6 is 43.5 Å². The number of hydrogen-bond donors (Lipinski definition) is 0. The third-order valence-corrected chi connectivity index (χ3v) is 2.30. The lowest BCUT2D eigenvalue weighted by Gasteiger charge is -2.09. The number of hydrogen-bond acceptors (Lipinski definition) is 0. The van der Waals surface area contributed by atoms with Crippen molar-refractivity contribution in [3.8, 4) is 0 Å². The van der Waals surface area contributed by atoms with Gasteiger partial charge in [-0.1, -0.05) is 69.6 Å². The van der Waals surface area contributed by atoms with Crippen LogP contribution in [0.5, 0.6) is 0 Å². The summed E-state index contributed by atoms with van der Waals surface area (Å²) in [5.74, 6) is 0. The van der Waals surface area contributed by atoms with Crippen LogP contribution < -0.4 is 0 Å². The molecule has 0 aromatic rings. The highest BCUT2D eigenvalue weighted by Crippen LogP contribution is 2.36. The average Bonchev–Trinajstić information content (AvgIpc) is 1.78. The minimum Gasteiger partial charge on any atom is -0.0940 e. The van der Waals surface area contributed by atoms with Crippen molar-refractivity contribution in [1.29, 1.82) is 0 Å². The Bertz CT molecular complexity index is 78.2. The minimum atomic E-state index is -0.353. The molecule has 0 heterocycles. The van der Waals surface area contributed by atoms with Crippen molar-refractivity contribution in [3.05, 3.63) is 0 Å². The van der Waals surface area contributed by atoms with Crippen LogP contribution in [0.4, 0.5) is 0 Å². The summed E-state index contributed by atoms with van der Waals surface area (Å²) in [6, 6.07) is 0. The molecule has 0 nitrogen and oxygen atoms in total. The van der Waals surface area contributed by atoms with Crippen molar-refractivity contribution in [2.45, 2.75) is 41.7 Å². The van der Waals surface area contributed by atoms with Crippen LogP contribution in [0.2, 0.25) is 0 Å². The molecule has 0 aliphatic carbocycles. The van der Waals surface area contributed by atoms with Gasteiger partial charge in [-0.2, -0.15) is 0 Å². The molecule has 0 unspecified atom stereocenters. The first-order valence-corrected chi connectivity index (χ1v) is 5.59. The number of unbranched alkanes of at least 4 members (excludes halogenated alkanes) is 3. The van der Waals surface area contributed by atoms with Gasteiger partial charge in [0.2, 0.25) is 0 Å². The predicted octanol–water partition coefficient (Wildman–Crippen LogP) is 4.64. The summed E-state index contributed by atoms with van der Waals surface area (Å²) in [6.45, 7) is 2.20. The Labute approximate surface area is 85.0 Å². The zero-order valence-electron chi connectivity index (χ0n) is 6.17. The largest absolute Gasteiger partial charge is 0.153 e. The molecule has 0 amide bonds. The molecular formula is C7H13Br2Cl. The number of alkyl halides is 3. The van der Waals surface area contributed by atoms with Crippen LogP contribution in [0.15, 0.2) is 0 Å². The fraction of sp³-hybridized carbons (Fsp3) is 1.00. The molecule has 0 spiro atoms.